The quantitative estimate of drug-likeness (QED) is 0.562. The van der Waals surface area contributed by atoms with Gasteiger partial charge in [-0.1, -0.05) is 0 Å². The summed E-state index contributed by atoms with van der Waals surface area (Å²) in [7, 11) is -4.20. The van der Waals surface area contributed by atoms with E-state index in [1.807, 2.05) is 0 Å². The molecule has 0 amide bonds. The molecule has 16 heavy (non-hydrogen) atoms. The van der Waals surface area contributed by atoms with E-state index in [1.54, 1.807) is 12.3 Å². The van der Waals surface area contributed by atoms with E-state index < -0.39 is 21.8 Å². The van der Waals surface area contributed by atoms with E-state index in [4.69, 9.17) is 5.11 Å². The summed E-state index contributed by atoms with van der Waals surface area (Å²) in [6, 6.07) is 2.98. The first-order chi connectivity index (χ1) is 7.38. The number of carbonyl (C=O) groups is 1. The summed E-state index contributed by atoms with van der Waals surface area (Å²) in [5, 5.41) is 8.70. The highest BCUT2D eigenvalue weighted by atomic mass is 32.2. The van der Waals surface area contributed by atoms with Gasteiger partial charge in [0.2, 0.25) is 0 Å². The van der Waals surface area contributed by atoms with Crippen LogP contribution in [0.2, 0.25) is 0 Å². The second kappa shape index (κ2) is 5.04. The second-order valence-electron chi connectivity index (χ2n) is 3.25. The van der Waals surface area contributed by atoms with Crippen LogP contribution in [0.25, 0.3) is 0 Å². The van der Waals surface area contributed by atoms with Gasteiger partial charge in [0.25, 0.3) is 0 Å². The highest BCUT2D eigenvalue weighted by Gasteiger charge is 2.08. The number of carboxylic acid groups (broad SMARTS) is 1. The zero-order valence-corrected chi connectivity index (χ0v) is 9.18. The van der Waals surface area contributed by atoms with Crippen molar-refractivity contribution in [2.75, 3.05) is 5.75 Å². The monoisotopic (exact) mass is 245 g/mol. The maximum Gasteiger partial charge on any atom is 0.341 e. The van der Waals surface area contributed by atoms with E-state index in [0.29, 0.717) is 6.54 Å². The molecule has 6 nitrogen and oxygen atoms in total. The zero-order chi connectivity index (χ0) is 12.2. The molecule has 1 heterocycles. The Hall–Kier alpha value is -1.47. The third kappa shape index (κ3) is 4.37. The molecular formula is C9H11NO5S. The molecule has 0 aliphatic rings. The van der Waals surface area contributed by atoms with Crippen LogP contribution in [0.4, 0.5) is 0 Å². The summed E-state index contributed by atoms with van der Waals surface area (Å²) in [5.74, 6) is -1.50. The molecule has 0 aliphatic carbocycles. The number of rotatable bonds is 5. The summed E-state index contributed by atoms with van der Waals surface area (Å²) in [6.45, 7) is 0.294. The topological polar surface area (TPSA) is 98.4 Å². The summed E-state index contributed by atoms with van der Waals surface area (Å²) in [5.41, 5.74) is 0.118. The van der Waals surface area contributed by atoms with Crippen molar-refractivity contribution in [3.05, 3.63) is 30.1 Å². The molecule has 0 saturated carbocycles. The molecule has 0 aromatic carbocycles. The Morgan fingerprint density at radius 1 is 1.50 bits per heavy atom. The SMILES string of the molecule is O=C(O)c1ccc[n+](CCCS(=O)(=O)[O-])c1. The van der Waals surface area contributed by atoms with E-state index in [2.05, 4.69) is 0 Å². The number of hydrogen-bond donors (Lipinski definition) is 1. The van der Waals surface area contributed by atoms with E-state index >= 15 is 0 Å². The minimum absolute atomic E-state index is 0.118. The number of pyridine rings is 1. The van der Waals surface area contributed by atoms with Crippen LogP contribution in [0.3, 0.4) is 0 Å². The molecule has 0 atom stereocenters. The van der Waals surface area contributed by atoms with Crippen LogP contribution >= 0.6 is 0 Å². The first kappa shape index (κ1) is 12.6. The summed E-state index contributed by atoms with van der Waals surface area (Å²) < 4.78 is 32.5. The molecule has 0 unspecified atom stereocenters. The largest absolute Gasteiger partial charge is 0.748 e. The van der Waals surface area contributed by atoms with Crippen LogP contribution in [0.15, 0.2) is 24.5 Å². The molecule has 0 bridgehead atoms. The lowest BCUT2D eigenvalue weighted by Gasteiger charge is -2.04. The maximum atomic E-state index is 10.6. The van der Waals surface area contributed by atoms with Gasteiger partial charge in [-0.25, -0.2) is 17.8 Å². The zero-order valence-electron chi connectivity index (χ0n) is 8.37. The van der Waals surface area contributed by atoms with Gasteiger partial charge in [-0.2, -0.15) is 0 Å². The molecule has 7 heteroatoms. The van der Waals surface area contributed by atoms with Crippen molar-refractivity contribution in [2.24, 2.45) is 0 Å². The van der Waals surface area contributed by atoms with Crippen molar-refractivity contribution in [1.82, 2.24) is 0 Å². The molecule has 88 valence electrons. The smallest absolute Gasteiger partial charge is 0.341 e. The van der Waals surface area contributed by atoms with Crippen LogP contribution < -0.4 is 4.57 Å². The average Bonchev–Trinajstić information content (AvgIpc) is 2.16. The molecule has 0 spiro atoms. The number of aryl methyl sites for hydroxylation is 1. The molecule has 0 saturated heterocycles. The normalized spacial score (nSPS) is 11.3. The fourth-order valence-corrected chi connectivity index (χ4v) is 1.69. The van der Waals surface area contributed by atoms with Gasteiger partial charge < -0.3 is 9.66 Å². The van der Waals surface area contributed by atoms with Gasteiger partial charge >= 0.3 is 5.97 Å². The Bertz CT molecular complexity index is 482. The average molecular weight is 245 g/mol. The maximum absolute atomic E-state index is 10.6. The summed E-state index contributed by atoms with van der Waals surface area (Å²) in [4.78, 5) is 10.6. The molecule has 1 N–H and O–H groups in total. The van der Waals surface area contributed by atoms with Crippen molar-refractivity contribution in [3.63, 3.8) is 0 Å². The van der Waals surface area contributed by atoms with Crippen molar-refractivity contribution in [3.8, 4) is 0 Å². The van der Waals surface area contributed by atoms with Crippen LogP contribution in [0, 0.1) is 0 Å². The van der Waals surface area contributed by atoms with Gasteiger partial charge in [-0.15, -0.1) is 0 Å². The summed E-state index contributed by atoms with van der Waals surface area (Å²) in [6.07, 6.45) is 3.17. The third-order valence-electron chi connectivity index (χ3n) is 1.92. The lowest BCUT2D eigenvalue weighted by atomic mass is 10.3. The molecule has 1 rings (SSSR count). The van der Waals surface area contributed by atoms with E-state index in [1.165, 1.54) is 16.8 Å². The lowest BCUT2D eigenvalue weighted by molar-refractivity contribution is -0.697. The van der Waals surface area contributed by atoms with Gasteiger partial charge in [0.15, 0.2) is 12.4 Å². The molecule has 0 radical (unpaired) electrons. The fraction of sp³-hybridized carbons (Fsp3) is 0.333. The van der Waals surface area contributed by atoms with E-state index in [-0.39, 0.29) is 12.0 Å². The Labute approximate surface area is 92.9 Å². The highest BCUT2D eigenvalue weighted by molar-refractivity contribution is 7.85. The van der Waals surface area contributed by atoms with Crippen LogP contribution in [-0.4, -0.2) is 29.8 Å². The molecular weight excluding hydrogens is 234 g/mol. The first-order valence-corrected chi connectivity index (χ1v) is 6.12. The van der Waals surface area contributed by atoms with Gasteiger partial charge in [0, 0.05) is 18.2 Å². The third-order valence-corrected chi connectivity index (χ3v) is 2.70. The number of hydrogen-bond acceptors (Lipinski definition) is 4. The highest BCUT2D eigenvalue weighted by Crippen LogP contribution is 1.94. The molecule has 1 aromatic heterocycles. The standard InChI is InChI=1S/C9H11NO5S/c11-9(12)8-3-1-4-10(7-8)5-2-6-16(13,14)15/h1,3-4,7H,2,5-6H2,(H-,11,12,13,14,15). The second-order valence-corrected chi connectivity index (χ2v) is 4.77. The fourth-order valence-electron chi connectivity index (χ4n) is 1.21. The number of aromatic carboxylic acids is 1. The van der Waals surface area contributed by atoms with Gasteiger partial charge in [-0.05, 0) is 6.07 Å². The summed E-state index contributed by atoms with van der Waals surface area (Å²) >= 11 is 0. The lowest BCUT2D eigenvalue weighted by Crippen LogP contribution is -2.34. The Kier molecular flexibility index (Phi) is 3.97. The van der Waals surface area contributed by atoms with Crippen molar-refractivity contribution in [1.29, 1.82) is 0 Å². The Morgan fingerprint density at radius 3 is 2.75 bits per heavy atom. The molecule has 0 aliphatic heterocycles. The predicted octanol–water partition coefficient (Wildman–Crippen LogP) is -0.392. The van der Waals surface area contributed by atoms with Gasteiger partial charge in [0.1, 0.15) is 12.1 Å². The Morgan fingerprint density at radius 2 is 2.19 bits per heavy atom. The molecule has 0 fully saturated rings. The van der Waals surface area contributed by atoms with Crippen LogP contribution in [0.1, 0.15) is 16.8 Å². The predicted molar refractivity (Wildman–Crippen MR) is 52.8 cm³/mol. The van der Waals surface area contributed by atoms with E-state index in [0.717, 1.165) is 0 Å². The molecule has 1 aromatic rings. The minimum Gasteiger partial charge on any atom is -0.748 e. The van der Waals surface area contributed by atoms with Crippen molar-refractivity contribution < 1.29 is 27.4 Å². The van der Waals surface area contributed by atoms with Crippen LogP contribution in [0.5, 0.6) is 0 Å². The minimum atomic E-state index is -4.20. The Balaban J connectivity index is 2.61. The number of nitrogens with zero attached hydrogens (tertiary/aromatic N) is 1. The number of aromatic nitrogens is 1. The number of carboxylic acids is 1. The van der Waals surface area contributed by atoms with Gasteiger partial charge in [-0.3, -0.25) is 0 Å². The van der Waals surface area contributed by atoms with Crippen molar-refractivity contribution in [2.45, 2.75) is 13.0 Å². The van der Waals surface area contributed by atoms with Crippen LogP contribution in [-0.2, 0) is 16.7 Å². The van der Waals surface area contributed by atoms with E-state index in [9.17, 15) is 17.8 Å². The van der Waals surface area contributed by atoms with Gasteiger partial charge in [0.05, 0.1) is 10.1 Å². The van der Waals surface area contributed by atoms with Crippen molar-refractivity contribution >= 4 is 16.1 Å². The first-order valence-electron chi connectivity index (χ1n) is 4.54.